The SMILES string of the molecule is [B]c1nc([B]C)c([B])c([B])c1NC. The molecule has 0 bridgehead atoms. The predicted octanol–water partition coefficient (Wildman–Crippen LogP) is -3.12. The van der Waals surface area contributed by atoms with Crippen molar-refractivity contribution in [3.8, 4) is 0 Å². The van der Waals surface area contributed by atoms with Crippen LogP contribution in [-0.4, -0.2) is 42.8 Å². The minimum absolute atomic E-state index is 0.363. The van der Waals surface area contributed by atoms with Crippen molar-refractivity contribution in [3.05, 3.63) is 0 Å². The molecule has 13 heavy (non-hydrogen) atoms. The van der Waals surface area contributed by atoms with E-state index in [4.69, 9.17) is 23.5 Å². The highest BCUT2D eigenvalue weighted by Gasteiger charge is 2.07. The molecule has 1 rings (SSSR count). The van der Waals surface area contributed by atoms with Crippen molar-refractivity contribution >= 4 is 58.6 Å². The van der Waals surface area contributed by atoms with Crippen molar-refractivity contribution < 1.29 is 0 Å². The van der Waals surface area contributed by atoms with Gasteiger partial charge in [-0.15, -0.1) is 0 Å². The molecular weight excluding hydrogens is 155 g/mol. The quantitative estimate of drug-likeness (QED) is 0.466. The van der Waals surface area contributed by atoms with Crippen LogP contribution in [0.2, 0.25) is 6.82 Å². The Hall–Kier alpha value is -0.790. The number of nitrogens with zero attached hydrogens (tertiary/aromatic N) is 1. The molecule has 0 aliphatic heterocycles. The molecule has 0 saturated heterocycles. The Bertz CT molecular complexity index is 327. The van der Waals surface area contributed by atoms with Crippen LogP contribution in [0.1, 0.15) is 0 Å². The predicted molar refractivity (Wildman–Crippen MR) is 61.2 cm³/mol. The lowest BCUT2D eigenvalue weighted by Gasteiger charge is -2.15. The molecule has 7 radical (unpaired) electrons. The zero-order valence-corrected chi connectivity index (χ0v) is 7.76. The zero-order chi connectivity index (χ0) is 10.0. The van der Waals surface area contributed by atoms with Crippen molar-refractivity contribution in [3.63, 3.8) is 0 Å². The number of rotatable bonds is 2. The molecule has 0 atom stereocenters. The summed E-state index contributed by atoms with van der Waals surface area (Å²) in [5, 5.41) is 2.85. The Morgan fingerprint density at radius 2 is 1.85 bits per heavy atom. The van der Waals surface area contributed by atoms with Crippen molar-refractivity contribution in [2.45, 2.75) is 6.82 Å². The van der Waals surface area contributed by atoms with Gasteiger partial charge in [-0.3, -0.25) is 4.98 Å². The van der Waals surface area contributed by atoms with E-state index in [0.29, 0.717) is 27.8 Å². The summed E-state index contributed by atoms with van der Waals surface area (Å²) in [5.74, 6) is 0. The highest BCUT2D eigenvalue weighted by atomic mass is 14.9. The average molecular weight is 162 g/mol. The molecule has 1 aromatic heterocycles. The molecule has 0 aliphatic carbocycles. The second-order valence-electron chi connectivity index (χ2n) is 2.62. The summed E-state index contributed by atoms with van der Waals surface area (Å²) in [6, 6.07) is 0. The first-order valence-electron chi connectivity index (χ1n) is 3.93. The second-order valence-corrected chi connectivity index (χ2v) is 2.62. The topological polar surface area (TPSA) is 24.9 Å². The molecule has 0 aromatic carbocycles. The largest absolute Gasteiger partial charge is 0.388 e. The van der Waals surface area contributed by atoms with Gasteiger partial charge in [0.2, 0.25) is 0 Å². The van der Waals surface area contributed by atoms with Gasteiger partial charge in [0.25, 0.3) is 0 Å². The Kier molecular flexibility index (Phi) is 3.12. The smallest absolute Gasteiger partial charge is 0.173 e. The standard InChI is InChI=1S/C7H7B4N2/c1-11-7-4(9)3(8)5(12-2)6(10)13-7/h12H,1-2H3. The average Bonchev–Trinajstić information content (AvgIpc) is 2.12. The van der Waals surface area contributed by atoms with E-state index in [1.807, 2.05) is 6.82 Å². The number of hydrogen-bond acceptors (Lipinski definition) is 2. The van der Waals surface area contributed by atoms with Gasteiger partial charge >= 0.3 is 0 Å². The van der Waals surface area contributed by atoms with Crippen LogP contribution < -0.4 is 27.4 Å². The lowest BCUT2D eigenvalue weighted by molar-refractivity contribution is 1.44. The lowest BCUT2D eigenvalue weighted by Crippen LogP contribution is -2.49. The molecule has 0 unspecified atom stereocenters. The highest BCUT2D eigenvalue weighted by molar-refractivity contribution is 6.65. The summed E-state index contributed by atoms with van der Waals surface area (Å²) in [5.41, 5.74) is 2.48. The van der Waals surface area contributed by atoms with Gasteiger partial charge in [-0.05, 0) is 5.59 Å². The van der Waals surface area contributed by atoms with E-state index in [0.717, 1.165) is 0 Å². The van der Waals surface area contributed by atoms with E-state index in [9.17, 15) is 0 Å². The Morgan fingerprint density at radius 3 is 2.31 bits per heavy atom. The normalized spacial score (nSPS) is 9.69. The van der Waals surface area contributed by atoms with E-state index in [2.05, 4.69) is 10.3 Å². The van der Waals surface area contributed by atoms with Gasteiger partial charge in [0.1, 0.15) is 23.5 Å². The van der Waals surface area contributed by atoms with E-state index < -0.39 is 0 Å². The fraction of sp³-hybridized carbons (Fsp3) is 0.286. The van der Waals surface area contributed by atoms with Crippen LogP contribution in [0.5, 0.6) is 0 Å². The number of aromatic nitrogens is 1. The first kappa shape index (κ1) is 10.3. The fourth-order valence-electron chi connectivity index (χ4n) is 1.14. The van der Waals surface area contributed by atoms with E-state index in [-0.39, 0.29) is 0 Å². The fourth-order valence-corrected chi connectivity index (χ4v) is 1.14. The zero-order valence-electron chi connectivity index (χ0n) is 7.76. The van der Waals surface area contributed by atoms with Gasteiger partial charge in [0, 0.05) is 18.3 Å². The van der Waals surface area contributed by atoms with Crippen LogP contribution in [-0.2, 0) is 0 Å². The number of nitrogens with one attached hydrogen (secondary N) is 1. The van der Waals surface area contributed by atoms with Gasteiger partial charge in [-0.2, -0.15) is 0 Å². The molecule has 1 aromatic rings. The van der Waals surface area contributed by atoms with Gasteiger partial charge in [0.05, 0.1) is 0 Å². The van der Waals surface area contributed by atoms with Crippen LogP contribution in [0.15, 0.2) is 0 Å². The van der Waals surface area contributed by atoms with Crippen molar-refractivity contribution in [2.75, 3.05) is 12.4 Å². The second kappa shape index (κ2) is 3.95. The minimum atomic E-state index is 0.363. The van der Waals surface area contributed by atoms with E-state index in [1.165, 1.54) is 0 Å². The lowest BCUT2D eigenvalue weighted by atomic mass is 9.65. The summed E-state index contributed by atoms with van der Waals surface area (Å²) in [7, 11) is 20.6. The van der Waals surface area contributed by atoms with Gasteiger partial charge in [0.15, 0.2) is 7.28 Å². The first-order chi connectivity index (χ1) is 6.11. The molecule has 1 N–H and O–H groups in total. The molecule has 0 saturated carbocycles. The van der Waals surface area contributed by atoms with Gasteiger partial charge < -0.3 is 5.32 Å². The van der Waals surface area contributed by atoms with E-state index in [1.54, 1.807) is 14.3 Å². The third-order valence-electron chi connectivity index (χ3n) is 1.86. The van der Waals surface area contributed by atoms with Crippen LogP contribution in [0.25, 0.3) is 0 Å². The maximum atomic E-state index is 5.74. The van der Waals surface area contributed by atoms with Crippen molar-refractivity contribution in [2.24, 2.45) is 0 Å². The van der Waals surface area contributed by atoms with Crippen LogP contribution in [0.4, 0.5) is 5.69 Å². The minimum Gasteiger partial charge on any atom is -0.388 e. The number of pyridine rings is 1. The van der Waals surface area contributed by atoms with Crippen LogP contribution in [0, 0.1) is 0 Å². The maximum absolute atomic E-state index is 5.74. The monoisotopic (exact) mass is 163 g/mol. The molecule has 0 aliphatic rings. The maximum Gasteiger partial charge on any atom is 0.173 e. The summed E-state index contributed by atoms with van der Waals surface area (Å²) in [6.07, 6.45) is 0. The Balaban J connectivity index is 3.37. The van der Waals surface area contributed by atoms with Crippen LogP contribution in [0.3, 0.4) is 0 Å². The third-order valence-corrected chi connectivity index (χ3v) is 1.86. The molecule has 0 amide bonds. The third kappa shape index (κ3) is 1.77. The molecule has 2 nitrogen and oxygen atoms in total. The van der Waals surface area contributed by atoms with Crippen molar-refractivity contribution in [1.29, 1.82) is 0 Å². The summed E-state index contributed by atoms with van der Waals surface area (Å²) in [6.45, 7) is 1.83. The Morgan fingerprint density at radius 1 is 1.23 bits per heavy atom. The van der Waals surface area contributed by atoms with Crippen molar-refractivity contribution in [1.82, 2.24) is 4.98 Å². The molecule has 57 valence electrons. The van der Waals surface area contributed by atoms with Gasteiger partial charge in [-0.1, -0.05) is 17.7 Å². The van der Waals surface area contributed by atoms with E-state index >= 15 is 0 Å². The van der Waals surface area contributed by atoms with Gasteiger partial charge in [-0.25, -0.2) is 0 Å². The van der Waals surface area contributed by atoms with Crippen LogP contribution >= 0.6 is 0 Å². The highest BCUT2D eigenvalue weighted by Crippen LogP contribution is 1.89. The molecule has 1 heterocycles. The molecule has 0 fully saturated rings. The summed E-state index contributed by atoms with van der Waals surface area (Å²) < 4.78 is 0. The summed E-state index contributed by atoms with van der Waals surface area (Å²) >= 11 is 0. The number of anilines is 1. The first-order valence-corrected chi connectivity index (χ1v) is 3.93. The molecule has 6 heteroatoms. The summed E-state index contributed by atoms with van der Waals surface area (Å²) in [4.78, 5) is 4.08. The molecular formula is C7H7B4N2. The Labute approximate surface area is 83.4 Å². The number of hydrogen-bond donors (Lipinski definition) is 1. The molecule has 0 spiro atoms.